The average molecular weight is 347 g/mol. The molecule has 0 radical (unpaired) electrons. The van der Waals surface area contributed by atoms with Gasteiger partial charge in [0.15, 0.2) is 6.61 Å². The van der Waals surface area contributed by atoms with Gasteiger partial charge in [0, 0.05) is 24.7 Å². The molecule has 1 aromatic carbocycles. The Morgan fingerprint density at radius 3 is 2.76 bits per heavy atom. The number of benzene rings is 1. The summed E-state index contributed by atoms with van der Waals surface area (Å²) in [4.78, 5) is 25.7. The van der Waals surface area contributed by atoms with E-state index in [0.717, 1.165) is 25.9 Å². The molecule has 25 heavy (non-hydrogen) atoms. The predicted molar refractivity (Wildman–Crippen MR) is 94.5 cm³/mol. The fraction of sp³-hybridized carbons (Fsp3) is 0.474. The maximum atomic E-state index is 12.1. The van der Waals surface area contributed by atoms with Crippen molar-refractivity contribution < 1.29 is 23.8 Å². The highest BCUT2D eigenvalue weighted by Gasteiger charge is 2.21. The first-order valence-corrected chi connectivity index (χ1v) is 8.38. The van der Waals surface area contributed by atoms with Crippen molar-refractivity contribution >= 4 is 18.0 Å². The van der Waals surface area contributed by atoms with E-state index in [1.807, 2.05) is 0 Å². The quantitative estimate of drug-likeness (QED) is 0.584. The predicted octanol–water partition coefficient (Wildman–Crippen LogP) is 2.52. The van der Waals surface area contributed by atoms with E-state index >= 15 is 0 Å². The Labute approximate surface area is 148 Å². The lowest BCUT2D eigenvalue weighted by Crippen LogP contribution is -2.41. The number of hydrogen-bond donors (Lipinski definition) is 0. The third-order valence-corrected chi connectivity index (χ3v) is 4.18. The van der Waals surface area contributed by atoms with Crippen LogP contribution in [0.4, 0.5) is 0 Å². The van der Waals surface area contributed by atoms with Crippen LogP contribution >= 0.6 is 0 Å². The minimum Gasteiger partial charge on any atom is -0.497 e. The van der Waals surface area contributed by atoms with Gasteiger partial charge in [0.25, 0.3) is 5.91 Å². The molecule has 0 spiro atoms. The number of esters is 1. The van der Waals surface area contributed by atoms with Gasteiger partial charge in [0.05, 0.1) is 14.2 Å². The van der Waals surface area contributed by atoms with Gasteiger partial charge in [-0.2, -0.15) is 0 Å². The summed E-state index contributed by atoms with van der Waals surface area (Å²) in [5.74, 6) is 1.05. The van der Waals surface area contributed by atoms with Gasteiger partial charge in [-0.1, -0.05) is 6.92 Å². The van der Waals surface area contributed by atoms with E-state index in [1.54, 1.807) is 43.4 Å². The molecular weight excluding hydrogens is 322 g/mol. The van der Waals surface area contributed by atoms with E-state index in [9.17, 15) is 9.59 Å². The van der Waals surface area contributed by atoms with Gasteiger partial charge in [0.2, 0.25) is 0 Å². The van der Waals surface area contributed by atoms with Crippen molar-refractivity contribution in [1.82, 2.24) is 4.90 Å². The van der Waals surface area contributed by atoms with E-state index in [0.29, 0.717) is 23.0 Å². The first-order valence-electron chi connectivity index (χ1n) is 8.38. The highest BCUT2D eigenvalue weighted by atomic mass is 16.5. The lowest BCUT2D eigenvalue weighted by atomic mass is 10.0. The van der Waals surface area contributed by atoms with Gasteiger partial charge in [-0.05, 0) is 43.0 Å². The SMILES string of the molecule is COc1ccc(OC)c(/C=C/C(=O)OCC(=O)N2CCCC(C)C2)c1. The highest BCUT2D eigenvalue weighted by molar-refractivity contribution is 5.89. The third-order valence-electron chi connectivity index (χ3n) is 4.18. The summed E-state index contributed by atoms with van der Waals surface area (Å²) < 4.78 is 15.5. The zero-order chi connectivity index (χ0) is 18.2. The fourth-order valence-electron chi connectivity index (χ4n) is 2.82. The van der Waals surface area contributed by atoms with E-state index < -0.39 is 5.97 Å². The Kier molecular flexibility index (Phi) is 6.86. The number of amides is 1. The van der Waals surface area contributed by atoms with E-state index in [4.69, 9.17) is 14.2 Å². The normalized spacial score (nSPS) is 17.4. The van der Waals surface area contributed by atoms with Crippen molar-refractivity contribution in [2.45, 2.75) is 19.8 Å². The number of rotatable bonds is 6. The molecule has 2 rings (SSSR count). The summed E-state index contributed by atoms with van der Waals surface area (Å²) in [7, 11) is 3.12. The maximum Gasteiger partial charge on any atom is 0.331 e. The number of methoxy groups -OCH3 is 2. The summed E-state index contributed by atoms with van der Waals surface area (Å²) in [6.07, 6.45) is 4.99. The standard InChI is InChI=1S/C19H25NO5/c1-14-5-4-10-20(12-14)18(21)13-25-19(22)9-6-15-11-16(23-2)7-8-17(15)24-3/h6-9,11,14H,4-5,10,12-13H2,1-3H3/b9-6+. The minimum atomic E-state index is -0.566. The Bertz CT molecular complexity index is 641. The van der Waals surface area contributed by atoms with Gasteiger partial charge in [-0.15, -0.1) is 0 Å². The van der Waals surface area contributed by atoms with Crippen molar-refractivity contribution in [2.24, 2.45) is 5.92 Å². The Morgan fingerprint density at radius 2 is 2.08 bits per heavy atom. The van der Waals surface area contributed by atoms with Crippen LogP contribution in [-0.2, 0) is 14.3 Å². The molecule has 6 heteroatoms. The molecule has 1 heterocycles. The van der Waals surface area contributed by atoms with Crippen LogP contribution < -0.4 is 9.47 Å². The largest absolute Gasteiger partial charge is 0.497 e. The van der Waals surface area contributed by atoms with Crippen LogP contribution in [0.15, 0.2) is 24.3 Å². The molecule has 0 N–H and O–H groups in total. The molecular formula is C19H25NO5. The number of likely N-dealkylation sites (tertiary alicyclic amines) is 1. The third kappa shape index (κ3) is 5.52. The Morgan fingerprint density at radius 1 is 1.28 bits per heavy atom. The monoisotopic (exact) mass is 347 g/mol. The number of carbonyl (C=O) groups excluding carboxylic acids is 2. The fourth-order valence-corrected chi connectivity index (χ4v) is 2.82. The first kappa shape index (κ1) is 18.8. The minimum absolute atomic E-state index is 0.146. The molecule has 1 aromatic rings. The van der Waals surface area contributed by atoms with Gasteiger partial charge in [0.1, 0.15) is 11.5 Å². The van der Waals surface area contributed by atoms with Crippen molar-refractivity contribution in [3.8, 4) is 11.5 Å². The maximum absolute atomic E-state index is 12.1. The topological polar surface area (TPSA) is 65.1 Å². The first-order chi connectivity index (χ1) is 12.0. The lowest BCUT2D eigenvalue weighted by molar-refractivity contribution is -0.149. The molecule has 1 amide bonds. The summed E-state index contributed by atoms with van der Waals surface area (Å²) in [6.45, 7) is 3.35. The van der Waals surface area contributed by atoms with Gasteiger partial charge in [-0.3, -0.25) is 4.79 Å². The number of ether oxygens (including phenoxy) is 3. The molecule has 1 fully saturated rings. The van der Waals surface area contributed by atoms with Gasteiger partial charge in [-0.25, -0.2) is 4.79 Å². The van der Waals surface area contributed by atoms with Crippen LogP contribution in [0.5, 0.6) is 11.5 Å². The molecule has 1 aliphatic rings. The number of nitrogens with zero attached hydrogens (tertiary/aromatic N) is 1. The highest BCUT2D eigenvalue weighted by Crippen LogP contribution is 2.25. The number of hydrogen-bond acceptors (Lipinski definition) is 5. The molecule has 6 nitrogen and oxygen atoms in total. The van der Waals surface area contributed by atoms with E-state index in [-0.39, 0.29) is 12.5 Å². The van der Waals surface area contributed by atoms with Crippen molar-refractivity contribution in [2.75, 3.05) is 33.9 Å². The lowest BCUT2D eigenvalue weighted by Gasteiger charge is -2.30. The molecule has 0 aliphatic carbocycles. The van der Waals surface area contributed by atoms with Gasteiger partial charge >= 0.3 is 5.97 Å². The van der Waals surface area contributed by atoms with Crippen LogP contribution in [0.1, 0.15) is 25.3 Å². The number of carbonyl (C=O) groups is 2. The summed E-state index contributed by atoms with van der Waals surface area (Å²) in [5.41, 5.74) is 0.690. The summed E-state index contributed by atoms with van der Waals surface area (Å²) >= 11 is 0. The van der Waals surface area contributed by atoms with Crippen LogP contribution in [-0.4, -0.2) is 50.7 Å². The van der Waals surface area contributed by atoms with E-state index in [1.165, 1.54) is 6.08 Å². The average Bonchev–Trinajstić information content (AvgIpc) is 2.64. The molecule has 1 saturated heterocycles. The molecule has 0 bridgehead atoms. The van der Waals surface area contributed by atoms with Crippen molar-refractivity contribution in [3.63, 3.8) is 0 Å². The molecule has 0 saturated carbocycles. The molecule has 1 atom stereocenters. The zero-order valence-electron chi connectivity index (χ0n) is 15.0. The Hall–Kier alpha value is -2.50. The van der Waals surface area contributed by atoms with Crippen LogP contribution in [0, 0.1) is 5.92 Å². The van der Waals surface area contributed by atoms with Crippen LogP contribution in [0.2, 0.25) is 0 Å². The molecule has 1 aliphatic heterocycles. The summed E-state index contributed by atoms with van der Waals surface area (Å²) in [5, 5.41) is 0. The second-order valence-electron chi connectivity index (χ2n) is 6.14. The number of piperidine rings is 1. The zero-order valence-corrected chi connectivity index (χ0v) is 15.0. The smallest absolute Gasteiger partial charge is 0.331 e. The van der Waals surface area contributed by atoms with Crippen LogP contribution in [0.3, 0.4) is 0 Å². The van der Waals surface area contributed by atoms with Crippen molar-refractivity contribution in [3.05, 3.63) is 29.8 Å². The van der Waals surface area contributed by atoms with Crippen LogP contribution in [0.25, 0.3) is 6.08 Å². The van der Waals surface area contributed by atoms with Gasteiger partial charge < -0.3 is 19.1 Å². The second-order valence-corrected chi connectivity index (χ2v) is 6.14. The molecule has 136 valence electrons. The molecule has 1 unspecified atom stereocenters. The van der Waals surface area contributed by atoms with E-state index in [2.05, 4.69) is 6.92 Å². The molecule has 0 aromatic heterocycles. The summed E-state index contributed by atoms with van der Waals surface area (Å²) in [6, 6.07) is 5.28. The second kappa shape index (κ2) is 9.11. The van der Waals surface area contributed by atoms with Crippen molar-refractivity contribution in [1.29, 1.82) is 0 Å². The Balaban J connectivity index is 1.89.